The van der Waals surface area contributed by atoms with E-state index in [9.17, 15) is 0 Å². The Morgan fingerprint density at radius 2 is 2.18 bits per heavy atom. The summed E-state index contributed by atoms with van der Waals surface area (Å²) in [4.78, 5) is 0. The summed E-state index contributed by atoms with van der Waals surface area (Å²) in [6.45, 7) is 3.75. The lowest BCUT2D eigenvalue weighted by Gasteiger charge is -2.11. The van der Waals surface area contributed by atoms with Crippen LogP contribution in [0.3, 0.4) is 0 Å². The van der Waals surface area contributed by atoms with Gasteiger partial charge in [-0.15, -0.1) is 0 Å². The first-order chi connectivity index (χ1) is 8.30. The highest BCUT2D eigenvalue weighted by atomic mass is 16.5. The molecule has 0 radical (unpaired) electrons. The number of rotatable bonds is 6. The highest BCUT2D eigenvalue weighted by Gasteiger charge is 2.37. The van der Waals surface area contributed by atoms with E-state index < -0.39 is 0 Å². The van der Waals surface area contributed by atoms with Crippen LogP contribution in [0.2, 0.25) is 0 Å². The van der Waals surface area contributed by atoms with Gasteiger partial charge in [0.15, 0.2) is 11.5 Å². The predicted molar refractivity (Wildman–Crippen MR) is 68.9 cm³/mol. The average molecular weight is 235 g/mol. The van der Waals surface area contributed by atoms with Gasteiger partial charge in [0.1, 0.15) is 0 Å². The van der Waals surface area contributed by atoms with Crippen LogP contribution in [0, 0.1) is 5.92 Å². The van der Waals surface area contributed by atoms with Crippen molar-refractivity contribution in [2.75, 3.05) is 27.3 Å². The quantitative estimate of drug-likeness (QED) is 0.821. The highest BCUT2D eigenvalue weighted by molar-refractivity contribution is 5.45. The molecule has 1 aromatic carbocycles. The van der Waals surface area contributed by atoms with Gasteiger partial charge in [-0.05, 0) is 56.5 Å². The molecule has 94 valence electrons. The lowest BCUT2D eigenvalue weighted by atomic mass is 10.1. The van der Waals surface area contributed by atoms with Crippen LogP contribution in [0.1, 0.15) is 24.8 Å². The maximum Gasteiger partial charge on any atom is 0.161 e. The molecule has 1 N–H and O–H groups in total. The second kappa shape index (κ2) is 5.41. The molecule has 2 unspecified atom stereocenters. The van der Waals surface area contributed by atoms with Crippen LogP contribution < -0.4 is 14.8 Å². The number of benzene rings is 1. The van der Waals surface area contributed by atoms with Crippen molar-refractivity contribution in [2.24, 2.45) is 5.92 Å². The van der Waals surface area contributed by atoms with Crippen molar-refractivity contribution in [3.8, 4) is 11.5 Å². The zero-order valence-corrected chi connectivity index (χ0v) is 10.8. The molecule has 0 bridgehead atoms. The first kappa shape index (κ1) is 12.2. The minimum atomic E-state index is 0.668. The summed E-state index contributed by atoms with van der Waals surface area (Å²) >= 11 is 0. The molecule has 3 nitrogen and oxygen atoms in total. The molecule has 0 heterocycles. The maximum atomic E-state index is 5.52. The van der Waals surface area contributed by atoms with Gasteiger partial charge >= 0.3 is 0 Å². The molecular formula is C14H21NO2. The van der Waals surface area contributed by atoms with Gasteiger partial charge in [0, 0.05) is 0 Å². The maximum absolute atomic E-state index is 5.52. The molecule has 3 heteroatoms. The van der Waals surface area contributed by atoms with Crippen molar-refractivity contribution in [1.29, 1.82) is 0 Å². The Kier molecular flexibility index (Phi) is 3.89. The normalized spacial score (nSPS) is 22.3. The van der Waals surface area contributed by atoms with Crippen molar-refractivity contribution in [3.05, 3.63) is 23.8 Å². The number of hydrogen-bond donors (Lipinski definition) is 1. The fourth-order valence-corrected chi connectivity index (χ4v) is 2.33. The second-order valence-corrected chi connectivity index (χ2v) is 4.50. The molecule has 0 aliphatic heterocycles. The van der Waals surface area contributed by atoms with Crippen LogP contribution >= 0.6 is 0 Å². The third kappa shape index (κ3) is 2.72. The molecule has 1 aromatic rings. The Balaban J connectivity index is 2.10. The van der Waals surface area contributed by atoms with Gasteiger partial charge in [0.2, 0.25) is 0 Å². The van der Waals surface area contributed by atoms with E-state index in [1.807, 2.05) is 20.0 Å². The van der Waals surface area contributed by atoms with Crippen molar-refractivity contribution in [1.82, 2.24) is 5.32 Å². The summed E-state index contributed by atoms with van der Waals surface area (Å²) in [5.74, 6) is 3.15. The van der Waals surface area contributed by atoms with Gasteiger partial charge in [0.25, 0.3) is 0 Å². The van der Waals surface area contributed by atoms with Gasteiger partial charge in [-0.25, -0.2) is 0 Å². The van der Waals surface area contributed by atoms with Crippen LogP contribution in [-0.2, 0) is 0 Å². The third-order valence-corrected chi connectivity index (χ3v) is 3.30. The first-order valence-corrected chi connectivity index (χ1v) is 6.25. The molecule has 2 rings (SSSR count). The summed E-state index contributed by atoms with van der Waals surface area (Å²) in [6.07, 6.45) is 1.28. The summed E-state index contributed by atoms with van der Waals surface area (Å²) in [5, 5.41) is 3.23. The number of nitrogens with one attached hydrogen (secondary N) is 1. The number of methoxy groups -OCH3 is 1. The third-order valence-electron chi connectivity index (χ3n) is 3.30. The second-order valence-electron chi connectivity index (χ2n) is 4.50. The summed E-state index contributed by atoms with van der Waals surface area (Å²) < 4.78 is 10.9. The first-order valence-electron chi connectivity index (χ1n) is 6.25. The summed E-state index contributed by atoms with van der Waals surface area (Å²) in [6, 6.07) is 6.30. The molecular weight excluding hydrogens is 214 g/mol. The number of ether oxygens (including phenoxy) is 2. The minimum absolute atomic E-state index is 0.668. The predicted octanol–water partition coefficient (Wildman–Crippen LogP) is 2.42. The van der Waals surface area contributed by atoms with E-state index in [-0.39, 0.29) is 0 Å². The SMILES string of the molecule is CCOc1ccc(C2CC2CNC)cc1OC. The van der Waals surface area contributed by atoms with Crippen molar-refractivity contribution in [3.63, 3.8) is 0 Å². The van der Waals surface area contributed by atoms with Gasteiger partial charge in [0.05, 0.1) is 13.7 Å². The van der Waals surface area contributed by atoms with Crippen LogP contribution in [0.15, 0.2) is 18.2 Å². The lowest BCUT2D eigenvalue weighted by molar-refractivity contribution is 0.310. The van der Waals surface area contributed by atoms with E-state index >= 15 is 0 Å². The molecule has 1 aliphatic carbocycles. The van der Waals surface area contributed by atoms with Crippen molar-refractivity contribution < 1.29 is 9.47 Å². The zero-order valence-electron chi connectivity index (χ0n) is 10.8. The number of hydrogen-bond acceptors (Lipinski definition) is 3. The average Bonchev–Trinajstić information content (AvgIpc) is 3.10. The van der Waals surface area contributed by atoms with Crippen molar-refractivity contribution >= 4 is 0 Å². The van der Waals surface area contributed by atoms with Gasteiger partial charge in [-0.3, -0.25) is 0 Å². The Morgan fingerprint density at radius 1 is 1.35 bits per heavy atom. The Labute approximate surface area is 103 Å². The van der Waals surface area contributed by atoms with Gasteiger partial charge in [-0.2, -0.15) is 0 Å². The molecule has 0 amide bonds. The van der Waals surface area contributed by atoms with Crippen LogP contribution in [0.5, 0.6) is 11.5 Å². The van der Waals surface area contributed by atoms with Crippen LogP contribution in [-0.4, -0.2) is 27.3 Å². The fourth-order valence-electron chi connectivity index (χ4n) is 2.33. The van der Waals surface area contributed by atoms with E-state index in [2.05, 4.69) is 17.4 Å². The van der Waals surface area contributed by atoms with Crippen molar-refractivity contribution in [2.45, 2.75) is 19.3 Å². The molecule has 1 fully saturated rings. The standard InChI is InChI=1S/C14H21NO2/c1-4-17-13-6-5-10(8-14(13)16-3)12-7-11(12)9-15-2/h5-6,8,11-12,15H,4,7,9H2,1-3H3. The summed E-state index contributed by atoms with van der Waals surface area (Å²) in [5.41, 5.74) is 1.37. The highest BCUT2D eigenvalue weighted by Crippen LogP contribution is 2.48. The van der Waals surface area contributed by atoms with E-state index in [1.54, 1.807) is 7.11 Å². The molecule has 0 aromatic heterocycles. The zero-order chi connectivity index (χ0) is 12.3. The summed E-state index contributed by atoms with van der Waals surface area (Å²) in [7, 11) is 3.70. The Bertz CT molecular complexity index is 378. The lowest BCUT2D eigenvalue weighted by Crippen LogP contribution is -2.10. The van der Waals surface area contributed by atoms with E-state index in [4.69, 9.17) is 9.47 Å². The monoisotopic (exact) mass is 235 g/mol. The van der Waals surface area contributed by atoms with E-state index in [0.717, 1.165) is 24.0 Å². The van der Waals surface area contributed by atoms with Gasteiger partial charge in [-0.1, -0.05) is 6.07 Å². The molecule has 17 heavy (non-hydrogen) atoms. The molecule has 0 spiro atoms. The molecule has 1 saturated carbocycles. The van der Waals surface area contributed by atoms with Crippen LogP contribution in [0.4, 0.5) is 0 Å². The van der Waals surface area contributed by atoms with Gasteiger partial charge < -0.3 is 14.8 Å². The molecule has 0 saturated heterocycles. The largest absolute Gasteiger partial charge is 0.493 e. The fraction of sp³-hybridized carbons (Fsp3) is 0.571. The van der Waals surface area contributed by atoms with Crippen LogP contribution in [0.25, 0.3) is 0 Å². The molecule has 1 aliphatic rings. The van der Waals surface area contributed by atoms with E-state index in [1.165, 1.54) is 12.0 Å². The minimum Gasteiger partial charge on any atom is -0.493 e. The molecule has 2 atom stereocenters. The van der Waals surface area contributed by atoms with E-state index in [0.29, 0.717) is 12.5 Å². The Hall–Kier alpha value is -1.22. The Morgan fingerprint density at radius 3 is 2.82 bits per heavy atom. The smallest absolute Gasteiger partial charge is 0.161 e. The topological polar surface area (TPSA) is 30.5 Å².